The van der Waals surface area contributed by atoms with Crippen LogP contribution in [0.2, 0.25) is 0 Å². The lowest BCUT2D eigenvalue weighted by Gasteiger charge is -2.70. The van der Waals surface area contributed by atoms with Crippen LogP contribution in [0.25, 0.3) is 0 Å². The summed E-state index contributed by atoms with van der Waals surface area (Å²) < 4.78 is 32.4. The van der Waals surface area contributed by atoms with E-state index < -0.39 is 0 Å². The van der Waals surface area contributed by atoms with Gasteiger partial charge in [-0.1, -0.05) is 19.1 Å². The van der Waals surface area contributed by atoms with Crippen molar-refractivity contribution in [2.24, 2.45) is 40.4 Å². The quantitative estimate of drug-likeness (QED) is 0.353. The molecule has 1 heterocycles. The van der Waals surface area contributed by atoms with Gasteiger partial charge in [-0.05, 0) is 63.1 Å². The molecule has 5 aliphatic carbocycles. The van der Waals surface area contributed by atoms with Crippen molar-refractivity contribution in [3.8, 4) is 0 Å². The van der Waals surface area contributed by atoms with Crippen LogP contribution in [-0.4, -0.2) is 88.5 Å². The number of nitrogens with zero attached hydrogens (tertiary/aromatic N) is 1. The molecule has 8 nitrogen and oxygen atoms in total. The topological polar surface area (TPSA) is 92.5 Å². The van der Waals surface area contributed by atoms with E-state index in [1.54, 1.807) is 12.1 Å². The van der Waals surface area contributed by atoms with Crippen LogP contribution < -0.4 is 5.73 Å². The predicted octanol–water partition coefficient (Wildman–Crippen LogP) is 4.02. The maximum Gasteiger partial charge on any atom is 0.340 e. The van der Waals surface area contributed by atoms with Crippen molar-refractivity contribution < 1.29 is 28.5 Å². The second-order valence-electron chi connectivity index (χ2n) is 13.8. The molecule has 0 radical (unpaired) electrons. The number of para-hydroxylation sites is 1. The van der Waals surface area contributed by atoms with Crippen molar-refractivity contribution in [2.75, 3.05) is 53.4 Å². The summed E-state index contributed by atoms with van der Waals surface area (Å²) in [6, 6.07) is 7.59. The minimum Gasteiger partial charge on any atom is -0.461 e. The fourth-order valence-electron chi connectivity index (χ4n) is 12.1. The Kier molecular flexibility index (Phi) is 6.79. The normalized spacial score (nSPS) is 47.4. The highest BCUT2D eigenvalue weighted by molar-refractivity contribution is 5.95. The van der Waals surface area contributed by atoms with Crippen LogP contribution in [-0.2, 0) is 23.7 Å². The number of carbonyl (C=O) groups is 1. The molecule has 8 heteroatoms. The van der Waals surface area contributed by atoms with E-state index in [9.17, 15) is 4.79 Å². The van der Waals surface area contributed by atoms with Gasteiger partial charge in [0.1, 0.15) is 0 Å². The number of methoxy groups -OCH3 is 3. The zero-order valence-electron chi connectivity index (χ0n) is 25.3. The standard InChI is InChI=1S/C33H48N2O6/c1-6-35-17-31(18-40-30(36)19-10-8-9-11-23(19)34)13-12-26(38-4)33-21-14-20-24(37-3)16-32(41-7-2,27(21)28(20)39-5)22(29(33)35)15-25(31)33/h8-11,20-22,24-29H,6-7,12-18,34H2,1-5H3. The van der Waals surface area contributed by atoms with E-state index in [4.69, 9.17) is 29.4 Å². The van der Waals surface area contributed by atoms with Crippen LogP contribution in [0, 0.1) is 40.4 Å². The molecule has 1 aliphatic heterocycles. The maximum absolute atomic E-state index is 13.4. The number of nitrogen functional groups attached to an aromatic ring is 1. The summed E-state index contributed by atoms with van der Waals surface area (Å²) in [5.74, 6) is 1.48. The van der Waals surface area contributed by atoms with Crippen molar-refractivity contribution in [1.82, 2.24) is 4.90 Å². The van der Waals surface area contributed by atoms with Gasteiger partial charge in [0.2, 0.25) is 0 Å². The predicted molar refractivity (Wildman–Crippen MR) is 154 cm³/mol. The van der Waals surface area contributed by atoms with E-state index >= 15 is 0 Å². The molecule has 2 N–H and O–H groups in total. The van der Waals surface area contributed by atoms with E-state index in [1.165, 1.54) is 0 Å². The highest BCUT2D eigenvalue weighted by Gasteiger charge is 2.84. The Morgan fingerprint density at radius 1 is 1.07 bits per heavy atom. The summed E-state index contributed by atoms with van der Waals surface area (Å²) in [7, 11) is 5.67. The van der Waals surface area contributed by atoms with Gasteiger partial charge in [0.25, 0.3) is 0 Å². The van der Waals surface area contributed by atoms with Crippen molar-refractivity contribution in [3.05, 3.63) is 29.8 Å². The zero-order valence-corrected chi connectivity index (χ0v) is 25.3. The maximum atomic E-state index is 13.4. The number of rotatable bonds is 9. The molecule has 0 amide bonds. The van der Waals surface area contributed by atoms with Gasteiger partial charge in [-0.3, -0.25) is 4.90 Å². The fourth-order valence-corrected chi connectivity index (χ4v) is 12.1. The van der Waals surface area contributed by atoms with Gasteiger partial charge >= 0.3 is 5.97 Å². The lowest BCUT2D eigenvalue weighted by molar-refractivity contribution is -0.286. The summed E-state index contributed by atoms with van der Waals surface area (Å²) in [5.41, 5.74) is 6.61. The molecular weight excluding hydrogens is 520 g/mol. The van der Waals surface area contributed by atoms with E-state index in [0.29, 0.717) is 60.1 Å². The average Bonchev–Trinajstić information content (AvgIpc) is 3.44. The van der Waals surface area contributed by atoms with Crippen LogP contribution in [0.1, 0.15) is 56.3 Å². The highest BCUT2D eigenvalue weighted by Crippen LogP contribution is 2.79. The van der Waals surface area contributed by atoms with Crippen LogP contribution in [0.4, 0.5) is 5.69 Å². The first-order valence-electron chi connectivity index (χ1n) is 15.8. The molecule has 12 atom stereocenters. The lowest BCUT2D eigenvalue weighted by Crippen LogP contribution is -2.76. The molecule has 12 unspecified atom stereocenters. The average molecular weight is 569 g/mol. The molecule has 6 fully saturated rings. The van der Waals surface area contributed by atoms with Crippen LogP contribution in [0.5, 0.6) is 0 Å². The van der Waals surface area contributed by atoms with Gasteiger partial charge in [-0.25, -0.2) is 4.79 Å². The number of hydrogen-bond acceptors (Lipinski definition) is 8. The van der Waals surface area contributed by atoms with Crippen molar-refractivity contribution in [3.63, 3.8) is 0 Å². The molecule has 226 valence electrons. The first-order chi connectivity index (χ1) is 19.9. The third kappa shape index (κ3) is 3.43. The molecule has 1 saturated heterocycles. The van der Waals surface area contributed by atoms with Crippen molar-refractivity contribution in [2.45, 2.75) is 75.9 Å². The van der Waals surface area contributed by atoms with Crippen LogP contribution in [0.15, 0.2) is 24.3 Å². The van der Waals surface area contributed by atoms with Gasteiger partial charge < -0.3 is 29.4 Å². The zero-order chi connectivity index (χ0) is 28.7. The van der Waals surface area contributed by atoms with E-state index in [0.717, 1.165) is 45.2 Å². The molecule has 1 aromatic carbocycles. The van der Waals surface area contributed by atoms with Gasteiger partial charge in [0.15, 0.2) is 0 Å². The van der Waals surface area contributed by atoms with Crippen LogP contribution in [0.3, 0.4) is 0 Å². The van der Waals surface area contributed by atoms with Crippen LogP contribution >= 0.6 is 0 Å². The molecular formula is C33H48N2O6. The van der Waals surface area contributed by atoms with Crippen molar-refractivity contribution >= 4 is 11.7 Å². The summed E-state index contributed by atoms with van der Waals surface area (Å²) >= 11 is 0. The largest absolute Gasteiger partial charge is 0.461 e. The monoisotopic (exact) mass is 568 g/mol. The minimum atomic E-state index is -0.322. The second kappa shape index (κ2) is 9.91. The summed E-state index contributed by atoms with van der Waals surface area (Å²) in [6.07, 6.45) is 5.45. The molecule has 7 rings (SSSR count). The Bertz CT molecular complexity index is 1180. The molecule has 1 aromatic rings. The van der Waals surface area contributed by atoms with Gasteiger partial charge in [-0.15, -0.1) is 0 Å². The number of ether oxygens (including phenoxy) is 5. The van der Waals surface area contributed by atoms with E-state index in [2.05, 4.69) is 18.7 Å². The van der Waals surface area contributed by atoms with E-state index in [-0.39, 0.29) is 40.7 Å². The van der Waals surface area contributed by atoms with Gasteiger partial charge in [0.05, 0.1) is 36.1 Å². The number of benzene rings is 1. The molecule has 7 bridgehead atoms. The number of nitrogens with two attached hydrogens (primary N) is 1. The number of likely N-dealkylation sites (tertiary alicyclic amines) is 1. The third-order valence-electron chi connectivity index (χ3n) is 13.0. The SMILES string of the molecule is CCOC12CC(OC)C3CC(C1C3OC)C13C(OC)CCC4(COC(=O)c5ccccc5N)CN(CC)C1C2CC43. The molecule has 6 aliphatic rings. The number of hydrogen-bond donors (Lipinski definition) is 1. The Balaban J connectivity index is 1.35. The highest BCUT2D eigenvalue weighted by atomic mass is 16.5. The smallest absolute Gasteiger partial charge is 0.340 e. The Labute approximate surface area is 244 Å². The number of esters is 1. The molecule has 5 saturated carbocycles. The number of anilines is 1. The Morgan fingerprint density at radius 3 is 2.56 bits per heavy atom. The molecule has 0 aromatic heterocycles. The van der Waals surface area contributed by atoms with Crippen molar-refractivity contribution in [1.29, 1.82) is 0 Å². The number of piperidine rings is 1. The summed E-state index contributed by atoms with van der Waals surface area (Å²) in [5, 5.41) is 0. The lowest BCUT2D eigenvalue weighted by atomic mass is 9.43. The number of fused-ring (bicyclic) bond motifs is 2. The summed E-state index contributed by atoms with van der Waals surface area (Å²) in [4.78, 5) is 16.1. The third-order valence-corrected chi connectivity index (χ3v) is 13.0. The molecule has 41 heavy (non-hydrogen) atoms. The van der Waals surface area contributed by atoms with Gasteiger partial charge in [-0.2, -0.15) is 0 Å². The first-order valence-corrected chi connectivity index (χ1v) is 15.8. The van der Waals surface area contributed by atoms with Gasteiger partial charge in [0, 0.05) is 81.2 Å². The number of carbonyl (C=O) groups excluding carboxylic acids is 1. The summed E-state index contributed by atoms with van der Waals surface area (Å²) in [6.45, 7) is 7.43. The molecule has 1 spiro atoms. The van der Waals surface area contributed by atoms with E-state index in [1.807, 2.05) is 33.5 Å². The Hall–Kier alpha value is -1.71. The fraction of sp³-hybridized carbons (Fsp3) is 0.788. The minimum absolute atomic E-state index is 0.0382. The second-order valence-corrected chi connectivity index (χ2v) is 13.8. The Morgan fingerprint density at radius 2 is 1.88 bits per heavy atom. The first kappa shape index (κ1) is 28.1.